The van der Waals surface area contributed by atoms with E-state index in [1.54, 1.807) is 0 Å². The highest BCUT2D eigenvalue weighted by atomic mass is 35.5. The number of rotatable bonds is 3. The molecule has 0 unspecified atom stereocenters. The van der Waals surface area contributed by atoms with Crippen molar-refractivity contribution in [3.05, 3.63) is 59.8 Å². The third-order valence-corrected chi connectivity index (χ3v) is 5.62. The molecule has 1 fully saturated rings. The first-order chi connectivity index (χ1) is 13.7. The van der Waals surface area contributed by atoms with Gasteiger partial charge in [-0.3, -0.25) is 4.57 Å². The molecule has 0 N–H and O–H groups in total. The van der Waals surface area contributed by atoms with Crippen molar-refractivity contribution >= 4 is 28.7 Å². The molecular formula is C20H20ClN7. The van der Waals surface area contributed by atoms with Gasteiger partial charge in [-0.15, -0.1) is 10.2 Å². The fourth-order valence-corrected chi connectivity index (χ4v) is 4.05. The lowest BCUT2D eigenvalue weighted by Gasteiger charge is -2.33. The number of anilines is 1. The molecule has 7 nitrogen and oxygen atoms in total. The quantitative estimate of drug-likeness (QED) is 0.529. The highest BCUT2D eigenvalue weighted by Gasteiger charge is 2.26. The van der Waals surface area contributed by atoms with Gasteiger partial charge < -0.3 is 9.47 Å². The van der Waals surface area contributed by atoms with Crippen LogP contribution in [-0.4, -0.2) is 42.4 Å². The van der Waals surface area contributed by atoms with Gasteiger partial charge in [0.05, 0.1) is 12.0 Å². The molecule has 1 aliphatic rings. The maximum absolute atomic E-state index is 6.04. The molecule has 1 aromatic carbocycles. The Morgan fingerprint density at radius 2 is 1.79 bits per heavy atom. The summed E-state index contributed by atoms with van der Waals surface area (Å²) < 4.78 is 4.30. The first kappa shape index (κ1) is 17.2. The van der Waals surface area contributed by atoms with Crippen molar-refractivity contribution in [2.75, 3.05) is 18.0 Å². The third kappa shape index (κ3) is 2.92. The molecule has 0 saturated carbocycles. The van der Waals surface area contributed by atoms with E-state index >= 15 is 0 Å². The minimum atomic E-state index is 0.393. The minimum Gasteiger partial charge on any atom is -0.340 e. The molecule has 0 aliphatic carbocycles. The van der Waals surface area contributed by atoms with Crippen LogP contribution in [0.15, 0.2) is 48.9 Å². The highest BCUT2D eigenvalue weighted by Crippen LogP contribution is 2.29. The van der Waals surface area contributed by atoms with Crippen molar-refractivity contribution in [1.29, 1.82) is 0 Å². The van der Waals surface area contributed by atoms with Crippen LogP contribution in [0.4, 0.5) is 5.95 Å². The molecule has 4 aromatic rings. The maximum Gasteiger partial charge on any atom is 0.231 e. The third-order valence-electron chi connectivity index (χ3n) is 5.37. The number of hydrogen-bond donors (Lipinski definition) is 0. The summed E-state index contributed by atoms with van der Waals surface area (Å²) in [4.78, 5) is 11.3. The zero-order valence-corrected chi connectivity index (χ0v) is 16.3. The average Bonchev–Trinajstić information content (AvgIpc) is 3.33. The number of fused-ring (bicyclic) bond motifs is 1. The predicted octanol–water partition coefficient (Wildman–Crippen LogP) is 3.82. The van der Waals surface area contributed by atoms with Crippen LogP contribution in [0.25, 0.3) is 16.9 Å². The van der Waals surface area contributed by atoms with E-state index in [2.05, 4.69) is 34.2 Å². The van der Waals surface area contributed by atoms with E-state index in [1.807, 2.05) is 55.8 Å². The maximum atomic E-state index is 6.04. The summed E-state index contributed by atoms with van der Waals surface area (Å²) in [5, 5.41) is 9.48. The summed E-state index contributed by atoms with van der Waals surface area (Å²) in [5.74, 6) is 1.75. The van der Waals surface area contributed by atoms with Gasteiger partial charge in [-0.25, -0.2) is 9.97 Å². The van der Waals surface area contributed by atoms with E-state index in [9.17, 15) is 0 Å². The van der Waals surface area contributed by atoms with Crippen molar-refractivity contribution in [3.63, 3.8) is 0 Å². The molecule has 1 saturated heterocycles. The van der Waals surface area contributed by atoms with Gasteiger partial charge in [0.1, 0.15) is 11.3 Å². The van der Waals surface area contributed by atoms with E-state index in [0.29, 0.717) is 6.04 Å². The second-order valence-corrected chi connectivity index (χ2v) is 7.51. The molecular weight excluding hydrogens is 374 g/mol. The van der Waals surface area contributed by atoms with Gasteiger partial charge in [0.25, 0.3) is 0 Å². The fraction of sp³-hybridized carbons (Fsp3) is 0.300. The normalized spacial score (nSPS) is 15.4. The van der Waals surface area contributed by atoms with Crippen LogP contribution in [0.5, 0.6) is 0 Å². The zero-order chi connectivity index (χ0) is 19.1. The van der Waals surface area contributed by atoms with Gasteiger partial charge in [0, 0.05) is 30.4 Å². The molecule has 5 rings (SSSR count). The molecule has 142 valence electrons. The van der Waals surface area contributed by atoms with Gasteiger partial charge >= 0.3 is 0 Å². The van der Waals surface area contributed by atoms with Crippen molar-refractivity contribution < 1.29 is 0 Å². The molecule has 0 radical (unpaired) electrons. The number of imidazole rings is 1. The number of halogens is 1. The second kappa shape index (κ2) is 6.91. The summed E-state index contributed by atoms with van der Waals surface area (Å²) in [5.41, 5.74) is 2.93. The number of piperidine rings is 1. The lowest BCUT2D eigenvalue weighted by molar-refractivity contribution is 0.399. The topological polar surface area (TPSA) is 64.7 Å². The van der Waals surface area contributed by atoms with Crippen LogP contribution < -0.4 is 4.90 Å². The minimum absolute atomic E-state index is 0.393. The van der Waals surface area contributed by atoms with Crippen molar-refractivity contribution in [3.8, 4) is 5.69 Å². The number of nitrogens with zero attached hydrogens (tertiary/aromatic N) is 7. The lowest BCUT2D eigenvalue weighted by Crippen LogP contribution is -2.36. The van der Waals surface area contributed by atoms with E-state index < -0.39 is 0 Å². The van der Waals surface area contributed by atoms with E-state index in [0.717, 1.165) is 59.6 Å². The largest absolute Gasteiger partial charge is 0.340 e. The summed E-state index contributed by atoms with van der Waals surface area (Å²) in [6.45, 7) is 3.78. The van der Waals surface area contributed by atoms with Crippen LogP contribution in [0, 0.1) is 6.92 Å². The SMILES string of the molecule is Cc1nnc(N2CCC(n3cnc4cccnc43)CC2)n1-c1ccc(Cl)cc1. The Labute approximate surface area is 167 Å². The van der Waals surface area contributed by atoms with Gasteiger partial charge in [0.15, 0.2) is 5.65 Å². The molecule has 1 aliphatic heterocycles. The Bertz CT molecular complexity index is 1110. The number of aryl methyl sites for hydroxylation is 1. The van der Waals surface area contributed by atoms with Crippen molar-refractivity contribution in [2.24, 2.45) is 0 Å². The summed E-state index contributed by atoms with van der Waals surface area (Å²) >= 11 is 6.04. The Hall–Kier alpha value is -2.93. The average molecular weight is 394 g/mol. The Morgan fingerprint density at radius 3 is 2.57 bits per heavy atom. The number of hydrogen-bond acceptors (Lipinski definition) is 5. The molecule has 0 spiro atoms. The molecule has 8 heteroatoms. The summed E-state index contributed by atoms with van der Waals surface area (Å²) in [6.07, 6.45) is 5.76. The smallest absolute Gasteiger partial charge is 0.231 e. The number of pyridine rings is 1. The molecule has 28 heavy (non-hydrogen) atoms. The molecule has 4 heterocycles. The van der Waals surface area contributed by atoms with Crippen molar-refractivity contribution in [2.45, 2.75) is 25.8 Å². The number of benzene rings is 1. The Balaban J connectivity index is 1.38. The monoisotopic (exact) mass is 393 g/mol. The fourth-order valence-electron chi connectivity index (χ4n) is 3.93. The van der Waals surface area contributed by atoms with Crippen LogP contribution in [0.2, 0.25) is 5.02 Å². The molecule has 0 atom stereocenters. The van der Waals surface area contributed by atoms with Crippen LogP contribution >= 0.6 is 11.6 Å². The number of aromatic nitrogens is 6. The Morgan fingerprint density at radius 1 is 1.00 bits per heavy atom. The second-order valence-electron chi connectivity index (χ2n) is 7.08. The lowest BCUT2D eigenvalue weighted by atomic mass is 10.1. The van der Waals surface area contributed by atoms with E-state index in [4.69, 9.17) is 11.6 Å². The van der Waals surface area contributed by atoms with Gasteiger partial charge in [-0.1, -0.05) is 11.6 Å². The summed E-state index contributed by atoms with van der Waals surface area (Å²) in [7, 11) is 0. The van der Waals surface area contributed by atoms with E-state index in [1.165, 1.54) is 0 Å². The molecule has 3 aromatic heterocycles. The van der Waals surface area contributed by atoms with Crippen LogP contribution in [0.3, 0.4) is 0 Å². The zero-order valence-electron chi connectivity index (χ0n) is 15.5. The summed E-state index contributed by atoms with van der Waals surface area (Å²) in [6, 6.07) is 12.1. The predicted molar refractivity (Wildman–Crippen MR) is 109 cm³/mol. The van der Waals surface area contributed by atoms with Crippen molar-refractivity contribution in [1.82, 2.24) is 29.3 Å². The first-order valence-electron chi connectivity index (χ1n) is 9.41. The van der Waals surface area contributed by atoms with Crippen LogP contribution in [0.1, 0.15) is 24.7 Å². The van der Waals surface area contributed by atoms with Gasteiger partial charge in [0.2, 0.25) is 5.95 Å². The first-order valence-corrected chi connectivity index (χ1v) is 9.79. The molecule has 0 bridgehead atoms. The molecule has 0 amide bonds. The van der Waals surface area contributed by atoms with E-state index in [-0.39, 0.29) is 0 Å². The Kier molecular flexibility index (Phi) is 4.24. The standard InChI is InChI=1S/C20H20ClN7/c1-14-24-25-20(28(14)17-6-4-15(21)5-7-17)26-11-8-16(9-12-26)27-13-23-18-3-2-10-22-19(18)27/h2-7,10,13,16H,8-9,11-12H2,1H3. The highest BCUT2D eigenvalue weighted by molar-refractivity contribution is 6.30. The van der Waals surface area contributed by atoms with Gasteiger partial charge in [-0.05, 0) is 56.2 Å². The van der Waals surface area contributed by atoms with Gasteiger partial charge in [-0.2, -0.15) is 0 Å². The van der Waals surface area contributed by atoms with Crippen LogP contribution in [-0.2, 0) is 0 Å².